The summed E-state index contributed by atoms with van der Waals surface area (Å²) in [6, 6.07) is 10.0. The van der Waals surface area contributed by atoms with Crippen molar-refractivity contribution in [3.63, 3.8) is 0 Å². The number of anilines is 3. The second-order valence-corrected chi connectivity index (χ2v) is 9.42. The molecule has 33 heavy (non-hydrogen) atoms. The predicted octanol–water partition coefficient (Wildman–Crippen LogP) is 4.41. The summed E-state index contributed by atoms with van der Waals surface area (Å²) >= 11 is 0. The number of aryl methyl sites for hydroxylation is 1. The maximum atomic E-state index is 5.84. The first-order chi connectivity index (χ1) is 15.9. The van der Waals surface area contributed by atoms with Gasteiger partial charge in [-0.25, -0.2) is 9.97 Å². The molecule has 0 spiro atoms. The van der Waals surface area contributed by atoms with Gasteiger partial charge in [0.2, 0.25) is 5.95 Å². The van der Waals surface area contributed by atoms with Crippen LogP contribution in [0.25, 0.3) is 11.2 Å². The van der Waals surface area contributed by atoms with Crippen molar-refractivity contribution < 1.29 is 9.47 Å². The molecule has 1 aromatic carbocycles. The molecule has 0 amide bonds. The lowest BCUT2D eigenvalue weighted by Crippen LogP contribution is -2.32. The Kier molecular flexibility index (Phi) is 7.23. The van der Waals surface area contributed by atoms with Crippen molar-refractivity contribution in [2.45, 2.75) is 40.7 Å². The van der Waals surface area contributed by atoms with Crippen molar-refractivity contribution >= 4 is 28.6 Å². The normalized spacial score (nSPS) is 13.2. The van der Waals surface area contributed by atoms with E-state index in [1.807, 2.05) is 18.2 Å². The first kappa shape index (κ1) is 23.2. The topological polar surface area (TPSA) is 90.5 Å². The van der Waals surface area contributed by atoms with Crippen molar-refractivity contribution in [1.29, 1.82) is 0 Å². The van der Waals surface area contributed by atoms with E-state index in [9.17, 15) is 0 Å². The highest BCUT2D eigenvalue weighted by Gasteiger charge is 2.18. The number of ether oxygens (including phenoxy) is 2. The van der Waals surface area contributed by atoms with Crippen LogP contribution in [0.4, 0.5) is 17.5 Å². The summed E-state index contributed by atoms with van der Waals surface area (Å²) in [5.41, 5.74) is 8.48. The Bertz CT molecular complexity index is 1070. The van der Waals surface area contributed by atoms with Gasteiger partial charge in [-0.05, 0) is 49.1 Å². The van der Waals surface area contributed by atoms with Gasteiger partial charge in [0, 0.05) is 31.4 Å². The summed E-state index contributed by atoms with van der Waals surface area (Å²) in [5, 5.41) is 3.46. The van der Waals surface area contributed by atoms with Gasteiger partial charge in [-0.1, -0.05) is 27.7 Å². The van der Waals surface area contributed by atoms with E-state index in [2.05, 4.69) is 54.6 Å². The van der Waals surface area contributed by atoms with Crippen LogP contribution in [0.2, 0.25) is 0 Å². The van der Waals surface area contributed by atoms with E-state index < -0.39 is 0 Å². The largest absolute Gasteiger partial charge is 0.486 e. The molecule has 0 bridgehead atoms. The van der Waals surface area contributed by atoms with E-state index in [4.69, 9.17) is 25.2 Å². The summed E-state index contributed by atoms with van der Waals surface area (Å²) in [7, 11) is 0. The number of fused-ring (bicyclic) bond motifs is 2. The molecule has 0 fully saturated rings. The first-order valence-corrected chi connectivity index (χ1v) is 11.9. The lowest BCUT2D eigenvalue weighted by atomic mass is 10.1. The molecule has 1 aliphatic rings. The minimum atomic E-state index is 0.552. The number of nitrogens with two attached hydrogens (primary N) is 1. The molecule has 2 aromatic heterocycles. The fourth-order valence-electron chi connectivity index (χ4n) is 4.12. The highest BCUT2D eigenvalue weighted by molar-refractivity contribution is 5.78. The van der Waals surface area contributed by atoms with E-state index in [0.29, 0.717) is 31.6 Å². The molecule has 8 heteroatoms. The molecule has 3 aromatic rings. The average Bonchev–Trinajstić information content (AvgIpc) is 3.12. The number of imidazole rings is 1. The van der Waals surface area contributed by atoms with E-state index in [-0.39, 0.29) is 0 Å². The number of aromatic nitrogens is 3. The molecule has 1 aliphatic heterocycles. The highest BCUT2D eigenvalue weighted by atomic mass is 16.6. The van der Waals surface area contributed by atoms with Crippen molar-refractivity contribution in [2.75, 3.05) is 43.1 Å². The molecule has 3 heterocycles. The molecular weight excluding hydrogens is 416 g/mol. The highest BCUT2D eigenvalue weighted by Crippen LogP contribution is 2.34. The van der Waals surface area contributed by atoms with Gasteiger partial charge in [-0.3, -0.25) is 4.57 Å². The van der Waals surface area contributed by atoms with E-state index in [1.54, 1.807) is 0 Å². The third kappa shape index (κ3) is 5.50. The zero-order valence-electron chi connectivity index (χ0n) is 20.2. The SMILES string of the molecule is CC(C)CN(CC(C)C)c1ccc2nc(Nc3ccc4c(c3)OCCO4)n(CCCN)c2n1. The van der Waals surface area contributed by atoms with Crippen molar-refractivity contribution in [2.24, 2.45) is 17.6 Å². The van der Waals surface area contributed by atoms with Gasteiger partial charge in [0.25, 0.3) is 0 Å². The second kappa shape index (κ2) is 10.3. The molecule has 0 saturated heterocycles. The first-order valence-electron chi connectivity index (χ1n) is 11.9. The monoisotopic (exact) mass is 452 g/mol. The second-order valence-electron chi connectivity index (χ2n) is 9.42. The Balaban J connectivity index is 1.69. The van der Waals surface area contributed by atoms with E-state index >= 15 is 0 Å². The minimum absolute atomic E-state index is 0.552. The van der Waals surface area contributed by atoms with Gasteiger partial charge in [0.15, 0.2) is 17.1 Å². The maximum absolute atomic E-state index is 5.84. The van der Waals surface area contributed by atoms with Gasteiger partial charge in [0.05, 0.1) is 0 Å². The van der Waals surface area contributed by atoms with Crippen LogP contribution in [0.15, 0.2) is 30.3 Å². The van der Waals surface area contributed by atoms with Crippen molar-refractivity contribution in [3.8, 4) is 11.5 Å². The summed E-state index contributed by atoms with van der Waals surface area (Å²) in [6.07, 6.45) is 0.842. The molecular formula is C25H36N6O2. The van der Waals surface area contributed by atoms with Crippen molar-refractivity contribution in [1.82, 2.24) is 14.5 Å². The summed E-state index contributed by atoms with van der Waals surface area (Å²) < 4.78 is 13.5. The number of nitrogens with zero attached hydrogens (tertiary/aromatic N) is 4. The molecule has 178 valence electrons. The molecule has 0 saturated carbocycles. The third-order valence-electron chi connectivity index (χ3n) is 5.46. The summed E-state index contributed by atoms with van der Waals surface area (Å²) in [5.74, 6) is 4.36. The lowest BCUT2D eigenvalue weighted by Gasteiger charge is -2.27. The quantitative estimate of drug-likeness (QED) is 0.471. The fourth-order valence-corrected chi connectivity index (χ4v) is 4.12. The van der Waals surface area contributed by atoms with Crippen LogP contribution in [0.1, 0.15) is 34.1 Å². The fraction of sp³-hybridized carbons (Fsp3) is 0.520. The number of pyridine rings is 1. The molecule has 8 nitrogen and oxygen atoms in total. The number of hydrogen-bond acceptors (Lipinski definition) is 7. The molecule has 4 rings (SSSR count). The lowest BCUT2D eigenvalue weighted by molar-refractivity contribution is 0.171. The van der Waals surface area contributed by atoms with Crippen LogP contribution >= 0.6 is 0 Å². The Morgan fingerprint density at radius 2 is 1.73 bits per heavy atom. The van der Waals surface area contributed by atoms with E-state index in [1.165, 1.54) is 0 Å². The van der Waals surface area contributed by atoms with Gasteiger partial charge in [-0.2, -0.15) is 0 Å². The summed E-state index contributed by atoms with van der Waals surface area (Å²) in [4.78, 5) is 12.3. The zero-order chi connectivity index (χ0) is 23.4. The van der Waals surface area contributed by atoms with Gasteiger partial charge in [-0.15, -0.1) is 0 Å². The Morgan fingerprint density at radius 3 is 2.42 bits per heavy atom. The average molecular weight is 453 g/mol. The molecule has 3 N–H and O–H groups in total. The maximum Gasteiger partial charge on any atom is 0.209 e. The number of benzene rings is 1. The number of nitrogens with one attached hydrogen (secondary N) is 1. The van der Waals surface area contributed by atoms with Gasteiger partial charge < -0.3 is 25.4 Å². The molecule has 0 unspecified atom stereocenters. The van der Waals surface area contributed by atoms with Crippen LogP contribution in [-0.4, -0.2) is 47.4 Å². The van der Waals surface area contributed by atoms with Crippen molar-refractivity contribution in [3.05, 3.63) is 30.3 Å². The smallest absolute Gasteiger partial charge is 0.209 e. The minimum Gasteiger partial charge on any atom is -0.486 e. The van der Waals surface area contributed by atoms with Gasteiger partial charge >= 0.3 is 0 Å². The van der Waals surface area contributed by atoms with Gasteiger partial charge in [0.1, 0.15) is 24.5 Å². The predicted molar refractivity (Wildman–Crippen MR) is 134 cm³/mol. The zero-order valence-corrected chi connectivity index (χ0v) is 20.2. The van der Waals surface area contributed by atoms with Crippen LogP contribution in [0.3, 0.4) is 0 Å². The number of rotatable bonds is 10. The van der Waals surface area contributed by atoms with Crippen LogP contribution in [0.5, 0.6) is 11.5 Å². The van der Waals surface area contributed by atoms with Crippen LogP contribution in [-0.2, 0) is 6.54 Å². The molecule has 0 aliphatic carbocycles. The van der Waals surface area contributed by atoms with E-state index in [0.717, 1.165) is 66.2 Å². The molecule has 0 radical (unpaired) electrons. The van der Waals surface area contributed by atoms with Crippen LogP contribution < -0.4 is 25.4 Å². The molecule has 0 atom stereocenters. The van der Waals surface area contributed by atoms with Crippen LogP contribution in [0, 0.1) is 11.8 Å². The Hall–Kier alpha value is -3.00. The third-order valence-corrected chi connectivity index (χ3v) is 5.46. The Morgan fingerprint density at radius 1 is 1.00 bits per heavy atom. The summed E-state index contributed by atoms with van der Waals surface area (Å²) in [6.45, 7) is 13.4. The number of hydrogen-bond donors (Lipinski definition) is 2. The standard InChI is InChI=1S/C25H36N6O2/c1-17(2)15-30(16-18(3)4)23-9-7-20-24(29-23)31(11-5-10-26)25(28-20)27-19-6-8-21-22(14-19)33-13-12-32-21/h6-9,14,17-18H,5,10-13,15-16,26H2,1-4H3,(H,27,28). The Labute approximate surface area is 196 Å².